The van der Waals surface area contributed by atoms with Crippen LogP contribution in [-0.4, -0.2) is 116 Å². The molecule has 10 N–H and O–H groups in total. The van der Waals surface area contributed by atoms with Crippen molar-refractivity contribution in [3.8, 4) is 0 Å². The summed E-state index contributed by atoms with van der Waals surface area (Å²) in [6.45, 7) is -2.03. The van der Waals surface area contributed by atoms with Crippen LogP contribution in [0.2, 0.25) is 0 Å². The number of ether oxygens (including phenoxy) is 2. The number of aliphatic hydroxyl groups excluding tert-OH is 4. The molecule has 4 rings (SSSR count). The van der Waals surface area contributed by atoms with Crippen LogP contribution in [-0.2, 0) is 41.1 Å². The number of imidazole rings is 1. The van der Waals surface area contributed by atoms with Crippen molar-refractivity contribution in [1.82, 2.24) is 19.5 Å². The Hall–Kier alpha value is -1.52. The Morgan fingerprint density at radius 3 is 2.02 bits per heavy atom. The number of phosphoric acid groups is 3. The monoisotopic (exact) mass is 639 g/mol. The number of rotatable bonds is 11. The lowest BCUT2D eigenvalue weighted by molar-refractivity contribution is -0.132. The van der Waals surface area contributed by atoms with Gasteiger partial charge in [-0.2, -0.15) is 4.31 Å². The highest BCUT2D eigenvalue weighted by molar-refractivity contribution is 7.61. The zero-order valence-corrected chi connectivity index (χ0v) is 22.3. The van der Waals surface area contributed by atoms with Gasteiger partial charge in [0.2, 0.25) is 0 Å². The maximum absolute atomic E-state index is 12.3. The first-order valence-electron chi connectivity index (χ1n) is 10.8. The number of hydrogen-bond donors (Lipinski definition) is 9. The number of nitrogen functional groups attached to an aromatic ring is 1. The van der Waals surface area contributed by atoms with Crippen LogP contribution in [0.4, 0.5) is 5.82 Å². The Labute approximate surface area is 222 Å². The largest absolute Gasteiger partial charge is 0.481 e. The van der Waals surface area contributed by atoms with Gasteiger partial charge in [-0.05, 0) is 0 Å². The van der Waals surface area contributed by atoms with Crippen LogP contribution in [0.15, 0.2) is 12.7 Å². The van der Waals surface area contributed by atoms with E-state index in [9.17, 15) is 53.7 Å². The summed E-state index contributed by atoms with van der Waals surface area (Å²) in [6.07, 6.45) is -11.6. The van der Waals surface area contributed by atoms with E-state index in [2.05, 4.69) is 32.8 Å². The molecule has 0 amide bonds. The molecule has 40 heavy (non-hydrogen) atoms. The fraction of sp³-hybridized carbons (Fsp3) is 0.667. The standard InChI is InChI=1S/C15H24N5O17P3/c16-12-7-13(18-3-17-12)20(4-19-7)14-11(36-38(25,26)27)9(22)6(34-14)2-33-40(30,31)37-39(28,29)32-1-5-8(21)10(23)15(24)35-5/h3-6,8-11,14-15,21-24H,1-2H2,(H,28,29)(H,30,31)(H2,16,17,18)(H2,25,26,27)/t5-,6-,8-,9-,10-,11-,14-,15?/m1/s1. The summed E-state index contributed by atoms with van der Waals surface area (Å²) in [5, 5.41) is 39.0. The summed E-state index contributed by atoms with van der Waals surface area (Å²) in [4.78, 5) is 49.9. The fourth-order valence-corrected chi connectivity index (χ4v) is 6.42. The predicted molar refractivity (Wildman–Crippen MR) is 122 cm³/mol. The lowest BCUT2D eigenvalue weighted by Crippen LogP contribution is -2.35. The number of anilines is 1. The first kappa shape index (κ1) is 31.4. The van der Waals surface area contributed by atoms with Gasteiger partial charge in [0.1, 0.15) is 48.5 Å². The number of aromatic nitrogens is 4. The van der Waals surface area contributed by atoms with E-state index in [-0.39, 0.29) is 17.0 Å². The highest BCUT2D eigenvalue weighted by Gasteiger charge is 2.50. The number of aliphatic hydroxyl groups is 4. The van der Waals surface area contributed by atoms with Crippen molar-refractivity contribution in [2.24, 2.45) is 0 Å². The van der Waals surface area contributed by atoms with E-state index in [1.807, 2.05) is 0 Å². The van der Waals surface area contributed by atoms with Gasteiger partial charge in [0.15, 0.2) is 24.0 Å². The summed E-state index contributed by atoms with van der Waals surface area (Å²) < 4.78 is 65.1. The van der Waals surface area contributed by atoms with Crippen LogP contribution < -0.4 is 5.73 Å². The molecule has 4 heterocycles. The van der Waals surface area contributed by atoms with Crippen LogP contribution in [0.5, 0.6) is 0 Å². The Balaban J connectivity index is 1.42. The lowest BCUT2D eigenvalue weighted by Gasteiger charge is -2.22. The first-order chi connectivity index (χ1) is 18.5. The number of nitrogens with two attached hydrogens (primary N) is 1. The Kier molecular flexibility index (Phi) is 9.14. The van der Waals surface area contributed by atoms with Gasteiger partial charge in [-0.3, -0.25) is 18.1 Å². The molecular formula is C15H24N5O17P3. The highest BCUT2D eigenvalue weighted by Crippen LogP contribution is 2.61. The Morgan fingerprint density at radius 2 is 1.48 bits per heavy atom. The zero-order chi connectivity index (χ0) is 29.6. The first-order valence-corrected chi connectivity index (χ1v) is 15.4. The summed E-state index contributed by atoms with van der Waals surface area (Å²) in [5.74, 6) is -0.0509. The molecule has 226 valence electrons. The lowest BCUT2D eigenvalue weighted by atomic mass is 10.1. The van der Waals surface area contributed by atoms with Crippen molar-refractivity contribution in [3.05, 3.63) is 12.7 Å². The van der Waals surface area contributed by atoms with Crippen molar-refractivity contribution >= 4 is 40.4 Å². The van der Waals surface area contributed by atoms with Gasteiger partial charge in [0, 0.05) is 0 Å². The summed E-state index contributed by atoms with van der Waals surface area (Å²) in [7, 11) is -16.1. The van der Waals surface area contributed by atoms with Crippen molar-refractivity contribution in [2.45, 2.75) is 49.1 Å². The molecule has 10 atom stereocenters. The van der Waals surface area contributed by atoms with Crippen LogP contribution in [0.3, 0.4) is 0 Å². The van der Waals surface area contributed by atoms with Crippen LogP contribution in [0, 0.1) is 0 Å². The number of fused-ring (bicyclic) bond motifs is 1. The molecular weight excluding hydrogens is 615 g/mol. The minimum atomic E-state index is -5.46. The quantitative estimate of drug-likeness (QED) is 0.109. The van der Waals surface area contributed by atoms with Crippen molar-refractivity contribution < 1.29 is 81.1 Å². The fourth-order valence-electron chi connectivity index (χ4n) is 3.79. The molecule has 22 nitrogen and oxygen atoms in total. The summed E-state index contributed by atoms with van der Waals surface area (Å²) >= 11 is 0. The van der Waals surface area contributed by atoms with Crippen LogP contribution >= 0.6 is 23.5 Å². The summed E-state index contributed by atoms with van der Waals surface area (Å²) in [5.41, 5.74) is 5.80. The van der Waals surface area contributed by atoms with Gasteiger partial charge in [0.05, 0.1) is 19.5 Å². The maximum atomic E-state index is 12.3. The highest BCUT2D eigenvalue weighted by atomic mass is 31.3. The third kappa shape index (κ3) is 7.09. The van der Waals surface area contributed by atoms with E-state index in [1.165, 1.54) is 0 Å². The molecule has 0 saturated carbocycles. The second-order valence-corrected chi connectivity index (χ2v) is 12.6. The Morgan fingerprint density at radius 1 is 0.875 bits per heavy atom. The minimum Gasteiger partial charge on any atom is -0.387 e. The summed E-state index contributed by atoms with van der Waals surface area (Å²) in [6, 6.07) is 0. The molecule has 2 aromatic rings. The molecule has 3 unspecified atom stereocenters. The molecule has 25 heteroatoms. The van der Waals surface area contributed by atoms with Gasteiger partial charge >= 0.3 is 23.5 Å². The van der Waals surface area contributed by atoms with E-state index >= 15 is 0 Å². The SMILES string of the molecule is Nc1ncnc2c1ncn2[C@@H]1O[C@H](COP(=O)(O)OP(=O)(O)OC[C@H]2OC(O)[C@H](O)[C@@H]2O)[C@@H](O)[C@H]1OP(=O)(O)O. The van der Waals surface area contributed by atoms with Crippen LogP contribution in [0.25, 0.3) is 11.2 Å². The van der Waals surface area contributed by atoms with Crippen molar-refractivity contribution in [1.29, 1.82) is 0 Å². The minimum absolute atomic E-state index is 0.0107. The third-order valence-corrected chi connectivity index (χ3v) is 8.70. The van der Waals surface area contributed by atoms with E-state index in [0.29, 0.717) is 0 Å². The molecule has 2 aliphatic heterocycles. The molecule has 0 spiro atoms. The number of hydrogen-bond acceptors (Lipinski definition) is 17. The second-order valence-electron chi connectivity index (χ2n) is 8.36. The molecule has 0 radical (unpaired) electrons. The molecule has 2 aliphatic rings. The van der Waals surface area contributed by atoms with Crippen molar-refractivity contribution in [2.75, 3.05) is 18.9 Å². The second kappa shape index (κ2) is 11.6. The molecule has 2 aromatic heterocycles. The van der Waals surface area contributed by atoms with Crippen LogP contribution in [0.1, 0.15) is 6.23 Å². The average Bonchev–Trinajstić information content (AvgIpc) is 3.47. The topological polar surface area (TPSA) is 338 Å². The van der Waals surface area contributed by atoms with Gasteiger partial charge in [-0.25, -0.2) is 28.6 Å². The number of phosphoric ester groups is 3. The van der Waals surface area contributed by atoms with E-state index in [1.54, 1.807) is 0 Å². The predicted octanol–water partition coefficient (Wildman–Crippen LogP) is -3.17. The average molecular weight is 639 g/mol. The van der Waals surface area contributed by atoms with Crippen molar-refractivity contribution in [3.63, 3.8) is 0 Å². The van der Waals surface area contributed by atoms with E-state index in [0.717, 1.165) is 17.2 Å². The third-order valence-electron chi connectivity index (χ3n) is 5.58. The molecule has 0 aliphatic carbocycles. The molecule has 2 saturated heterocycles. The van der Waals surface area contributed by atoms with Gasteiger partial charge in [0.25, 0.3) is 0 Å². The zero-order valence-electron chi connectivity index (χ0n) is 19.6. The molecule has 0 aromatic carbocycles. The van der Waals surface area contributed by atoms with Gasteiger partial charge in [-0.1, -0.05) is 0 Å². The van der Waals surface area contributed by atoms with Gasteiger partial charge < -0.3 is 55.2 Å². The number of nitrogens with zero attached hydrogens (tertiary/aromatic N) is 4. The molecule has 0 bridgehead atoms. The smallest absolute Gasteiger partial charge is 0.387 e. The normalized spacial score (nSPS) is 34.2. The molecule has 2 fully saturated rings. The van der Waals surface area contributed by atoms with E-state index in [4.69, 9.17) is 15.2 Å². The van der Waals surface area contributed by atoms with E-state index < -0.39 is 85.8 Å². The Bertz CT molecular complexity index is 1360. The van der Waals surface area contributed by atoms with Gasteiger partial charge in [-0.15, -0.1) is 0 Å². The maximum Gasteiger partial charge on any atom is 0.481 e.